The molecular weight excluding hydrogens is 121 g/mol. The molecule has 0 heterocycles. The highest BCUT2D eigenvalue weighted by molar-refractivity contribution is 4.31. The summed E-state index contributed by atoms with van der Waals surface area (Å²) in [4.78, 5) is 0. The molecule has 1 atom stereocenters. The molecule has 0 spiro atoms. The van der Waals surface area contributed by atoms with Gasteiger partial charge in [0, 0.05) is 6.42 Å². The van der Waals surface area contributed by atoms with Crippen molar-refractivity contribution in [2.75, 3.05) is 0 Å². The monoisotopic (exact) mass is 128 g/mol. The Morgan fingerprint density at radius 3 is 2.00 bits per heavy atom. The second kappa shape index (κ2) is 3.72. The number of rotatable bonds is 3. The summed E-state index contributed by atoms with van der Waals surface area (Å²) in [5.74, 6) is 0. The summed E-state index contributed by atoms with van der Waals surface area (Å²) in [5, 5.41) is 0. The van der Waals surface area contributed by atoms with Gasteiger partial charge in [-0.1, -0.05) is 6.92 Å². The highest BCUT2D eigenvalue weighted by Gasteiger charge is 2.09. The lowest BCUT2D eigenvalue weighted by atomic mass is 10.5. The Morgan fingerprint density at radius 1 is 1.38 bits per heavy atom. The Balaban J connectivity index is 3.10. The first-order valence-corrected chi connectivity index (χ1v) is 2.24. The molecular formula is C4H7F3O. The van der Waals surface area contributed by atoms with Gasteiger partial charge in [-0.3, -0.25) is 4.74 Å². The second-order valence-corrected chi connectivity index (χ2v) is 1.22. The van der Waals surface area contributed by atoms with E-state index in [1.165, 1.54) is 6.92 Å². The molecule has 50 valence electrons. The minimum Gasteiger partial charge on any atom is -0.288 e. The lowest BCUT2D eigenvalue weighted by Gasteiger charge is -2.03. The number of hydrogen-bond acceptors (Lipinski definition) is 1. The van der Waals surface area contributed by atoms with E-state index in [4.69, 9.17) is 0 Å². The van der Waals surface area contributed by atoms with E-state index in [2.05, 4.69) is 4.74 Å². The Labute approximate surface area is 45.4 Å². The normalized spacial score (nSPS) is 14.6. The number of ether oxygens (including phenoxy) is 1. The largest absolute Gasteiger partial charge is 0.347 e. The highest BCUT2D eigenvalue weighted by Crippen LogP contribution is 2.04. The molecule has 0 aliphatic carbocycles. The van der Waals surface area contributed by atoms with E-state index in [0.29, 0.717) is 0 Å². The third-order valence-electron chi connectivity index (χ3n) is 0.571. The first-order valence-electron chi connectivity index (χ1n) is 2.24. The second-order valence-electron chi connectivity index (χ2n) is 1.22. The van der Waals surface area contributed by atoms with Gasteiger partial charge in [-0.25, -0.2) is 4.39 Å². The molecule has 0 saturated carbocycles. The summed E-state index contributed by atoms with van der Waals surface area (Å²) in [6.45, 7) is -1.57. The fourth-order valence-electron chi connectivity index (χ4n) is 0.208. The maximum Gasteiger partial charge on any atom is 0.347 e. The first-order chi connectivity index (χ1) is 3.66. The van der Waals surface area contributed by atoms with Gasteiger partial charge in [0.2, 0.25) is 6.36 Å². The molecule has 8 heavy (non-hydrogen) atoms. The zero-order chi connectivity index (χ0) is 6.57. The first kappa shape index (κ1) is 7.75. The van der Waals surface area contributed by atoms with Crippen LogP contribution in [-0.2, 0) is 4.74 Å². The van der Waals surface area contributed by atoms with Crippen LogP contribution in [-0.4, -0.2) is 13.0 Å². The van der Waals surface area contributed by atoms with Crippen molar-refractivity contribution >= 4 is 0 Å². The van der Waals surface area contributed by atoms with Crippen molar-refractivity contribution in [1.29, 1.82) is 0 Å². The Hall–Kier alpha value is -0.250. The standard InChI is InChI=1S/C4H7F3O/c1-2-3(5)8-4(6)7/h3-4H,2H2,1H3. The van der Waals surface area contributed by atoms with E-state index in [-0.39, 0.29) is 6.42 Å². The van der Waals surface area contributed by atoms with Crippen LogP contribution in [0.5, 0.6) is 0 Å². The van der Waals surface area contributed by atoms with Crippen LogP contribution >= 0.6 is 0 Å². The minimum atomic E-state index is -3.00. The van der Waals surface area contributed by atoms with Gasteiger partial charge in [0.15, 0.2) is 0 Å². The predicted octanol–water partition coefficient (Wildman–Crippen LogP) is 1.93. The number of alkyl halides is 3. The molecule has 0 amide bonds. The van der Waals surface area contributed by atoms with Gasteiger partial charge in [-0.2, -0.15) is 8.78 Å². The lowest BCUT2D eigenvalue weighted by molar-refractivity contribution is -0.200. The smallest absolute Gasteiger partial charge is 0.288 e. The molecule has 0 aliphatic rings. The van der Waals surface area contributed by atoms with Crippen LogP contribution in [0.15, 0.2) is 0 Å². The Bertz CT molecular complexity index is 57.2. The molecule has 0 fully saturated rings. The van der Waals surface area contributed by atoms with Crippen LogP contribution in [0.1, 0.15) is 13.3 Å². The average molecular weight is 128 g/mol. The molecule has 0 bridgehead atoms. The van der Waals surface area contributed by atoms with Gasteiger partial charge in [0.25, 0.3) is 0 Å². The molecule has 0 rings (SSSR count). The van der Waals surface area contributed by atoms with Crippen molar-refractivity contribution in [1.82, 2.24) is 0 Å². The number of hydrogen-bond donors (Lipinski definition) is 0. The summed E-state index contributed by atoms with van der Waals surface area (Å²) in [6.07, 6.45) is -1.86. The Morgan fingerprint density at radius 2 is 1.88 bits per heavy atom. The van der Waals surface area contributed by atoms with Crippen LogP contribution in [0.2, 0.25) is 0 Å². The fraction of sp³-hybridized carbons (Fsp3) is 1.00. The summed E-state index contributed by atoms with van der Waals surface area (Å²) in [6, 6.07) is 0. The molecule has 0 aromatic carbocycles. The summed E-state index contributed by atoms with van der Waals surface area (Å²) >= 11 is 0. The quantitative estimate of drug-likeness (QED) is 0.564. The van der Waals surface area contributed by atoms with E-state index in [1.807, 2.05) is 0 Å². The van der Waals surface area contributed by atoms with Crippen molar-refractivity contribution in [3.63, 3.8) is 0 Å². The van der Waals surface area contributed by atoms with Crippen LogP contribution in [0.3, 0.4) is 0 Å². The molecule has 0 aromatic rings. The van der Waals surface area contributed by atoms with Crippen LogP contribution in [0.25, 0.3) is 0 Å². The van der Waals surface area contributed by atoms with E-state index in [0.717, 1.165) is 0 Å². The van der Waals surface area contributed by atoms with Crippen LogP contribution in [0.4, 0.5) is 13.2 Å². The summed E-state index contributed by atoms with van der Waals surface area (Å²) in [5.41, 5.74) is 0. The molecule has 0 radical (unpaired) electrons. The van der Waals surface area contributed by atoms with Crippen LogP contribution in [0, 0.1) is 0 Å². The SMILES string of the molecule is CCC(F)OC(F)F. The zero-order valence-electron chi connectivity index (χ0n) is 4.40. The molecule has 1 unspecified atom stereocenters. The summed E-state index contributed by atoms with van der Waals surface area (Å²) in [7, 11) is 0. The molecule has 0 N–H and O–H groups in total. The van der Waals surface area contributed by atoms with Crippen molar-refractivity contribution in [3.05, 3.63) is 0 Å². The van der Waals surface area contributed by atoms with Crippen LogP contribution < -0.4 is 0 Å². The summed E-state index contributed by atoms with van der Waals surface area (Å²) < 4.78 is 37.1. The highest BCUT2D eigenvalue weighted by atomic mass is 19.3. The van der Waals surface area contributed by atoms with E-state index in [9.17, 15) is 13.2 Å². The third kappa shape index (κ3) is 3.92. The Kier molecular flexibility index (Phi) is 3.60. The third-order valence-corrected chi connectivity index (χ3v) is 0.571. The average Bonchev–Trinajstić information content (AvgIpc) is 1.65. The predicted molar refractivity (Wildman–Crippen MR) is 22.3 cm³/mol. The maximum absolute atomic E-state index is 11.7. The molecule has 0 saturated heterocycles. The topological polar surface area (TPSA) is 9.23 Å². The van der Waals surface area contributed by atoms with Gasteiger partial charge < -0.3 is 0 Å². The van der Waals surface area contributed by atoms with Gasteiger partial charge in [0.1, 0.15) is 0 Å². The zero-order valence-corrected chi connectivity index (χ0v) is 4.40. The van der Waals surface area contributed by atoms with Crippen molar-refractivity contribution in [2.45, 2.75) is 26.3 Å². The van der Waals surface area contributed by atoms with E-state index >= 15 is 0 Å². The lowest BCUT2D eigenvalue weighted by Crippen LogP contribution is -2.08. The maximum atomic E-state index is 11.7. The molecule has 0 aliphatic heterocycles. The van der Waals surface area contributed by atoms with Gasteiger partial charge in [0.05, 0.1) is 0 Å². The van der Waals surface area contributed by atoms with E-state index in [1.54, 1.807) is 0 Å². The fourth-order valence-corrected chi connectivity index (χ4v) is 0.208. The van der Waals surface area contributed by atoms with Gasteiger partial charge in [-0.05, 0) is 0 Å². The van der Waals surface area contributed by atoms with Crippen molar-refractivity contribution in [3.8, 4) is 0 Å². The molecule has 4 heteroatoms. The van der Waals surface area contributed by atoms with Gasteiger partial charge >= 0.3 is 6.61 Å². The minimum absolute atomic E-state index is 0.0374. The molecule has 0 aromatic heterocycles. The van der Waals surface area contributed by atoms with Crippen molar-refractivity contribution in [2.24, 2.45) is 0 Å². The van der Waals surface area contributed by atoms with Gasteiger partial charge in [-0.15, -0.1) is 0 Å². The van der Waals surface area contributed by atoms with E-state index < -0.39 is 13.0 Å². The van der Waals surface area contributed by atoms with Crippen molar-refractivity contribution < 1.29 is 17.9 Å². The number of halogens is 3. The molecule has 1 nitrogen and oxygen atoms in total.